The van der Waals surface area contributed by atoms with E-state index >= 15 is 0 Å². The second-order valence-electron chi connectivity index (χ2n) is 3.11. The van der Waals surface area contributed by atoms with Crippen LogP contribution in [0.2, 0.25) is 0 Å². The van der Waals surface area contributed by atoms with Crippen molar-refractivity contribution in [3.63, 3.8) is 0 Å². The van der Waals surface area contributed by atoms with Crippen molar-refractivity contribution in [3.8, 4) is 5.82 Å². The van der Waals surface area contributed by atoms with Crippen molar-refractivity contribution in [2.45, 2.75) is 11.5 Å². The highest BCUT2D eigenvalue weighted by molar-refractivity contribution is 9.08. The molecule has 0 fully saturated rings. The summed E-state index contributed by atoms with van der Waals surface area (Å²) in [6, 6.07) is 2.19. The van der Waals surface area contributed by atoms with Gasteiger partial charge in [0.05, 0.1) is 5.33 Å². The fraction of sp³-hybridized carbons (Fsp3) is 0.222. The lowest BCUT2D eigenvalue weighted by Crippen LogP contribution is -2.12. The van der Waals surface area contributed by atoms with E-state index in [9.17, 15) is 13.2 Å². The van der Waals surface area contributed by atoms with Crippen molar-refractivity contribution < 1.29 is 13.2 Å². The first-order chi connectivity index (χ1) is 8.02. The molecule has 0 saturated heterocycles. The summed E-state index contributed by atoms with van der Waals surface area (Å²) in [4.78, 5) is 7.52. The van der Waals surface area contributed by atoms with Gasteiger partial charge in [0.25, 0.3) is 0 Å². The molecule has 0 unspecified atom stereocenters. The maximum Gasteiger partial charge on any atom is 0.420 e. The topological polar surface area (TPSA) is 43.6 Å². The summed E-state index contributed by atoms with van der Waals surface area (Å²) in [7, 11) is 0. The van der Waals surface area contributed by atoms with Crippen molar-refractivity contribution in [2.24, 2.45) is 0 Å². The summed E-state index contributed by atoms with van der Waals surface area (Å²) in [6.07, 6.45) is -1.99. The standard InChI is InChI=1S/C9H6BrF3N4/c10-4-7-15-5-17(16-7)8-6(9(11,12)13)2-1-3-14-8/h1-3,5H,4H2. The van der Waals surface area contributed by atoms with Gasteiger partial charge in [-0.3, -0.25) is 0 Å². The molecule has 0 saturated carbocycles. The third-order valence-corrected chi connectivity index (χ3v) is 2.47. The van der Waals surface area contributed by atoms with E-state index in [1.807, 2.05) is 0 Å². The minimum atomic E-state index is -4.47. The molecule has 0 aliphatic rings. The zero-order chi connectivity index (χ0) is 12.5. The fourth-order valence-corrected chi connectivity index (χ4v) is 1.52. The Morgan fingerprint density at radius 3 is 2.65 bits per heavy atom. The first kappa shape index (κ1) is 12.0. The first-order valence-corrected chi connectivity index (χ1v) is 5.63. The molecule has 0 radical (unpaired) electrons. The average Bonchev–Trinajstić information content (AvgIpc) is 2.76. The third kappa shape index (κ3) is 2.46. The SMILES string of the molecule is FC(F)(F)c1cccnc1-n1cnc(CBr)n1. The van der Waals surface area contributed by atoms with Crippen LogP contribution in [0.1, 0.15) is 11.4 Å². The van der Waals surface area contributed by atoms with E-state index in [-0.39, 0.29) is 5.82 Å². The minimum absolute atomic E-state index is 0.278. The maximum atomic E-state index is 12.7. The van der Waals surface area contributed by atoms with Gasteiger partial charge in [-0.25, -0.2) is 14.6 Å². The molecule has 0 aromatic carbocycles. The van der Waals surface area contributed by atoms with Gasteiger partial charge in [0.2, 0.25) is 0 Å². The molecule has 0 atom stereocenters. The van der Waals surface area contributed by atoms with Crippen LogP contribution < -0.4 is 0 Å². The van der Waals surface area contributed by atoms with Gasteiger partial charge in [0, 0.05) is 6.20 Å². The highest BCUT2D eigenvalue weighted by atomic mass is 79.9. The molecule has 0 amide bonds. The molecule has 8 heteroatoms. The summed E-state index contributed by atoms with van der Waals surface area (Å²) >= 11 is 3.12. The second-order valence-corrected chi connectivity index (χ2v) is 3.67. The molecule has 0 spiro atoms. The summed E-state index contributed by atoms with van der Waals surface area (Å²) in [6.45, 7) is 0. The van der Waals surface area contributed by atoms with E-state index < -0.39 is 11.7 Å². The van der Waals surface area contributed by atoms with Crippen LogP contribution in [0, 0.1) is 0 Å². The molecule has 0 aliphatic heterocycles. The van der Waals surface area contributed by atoms with Crippen molar-refractivity contribution >= 4 is 15.9 Å². The third-order valence-electron chi connectivity index (χ3n) is 1.97. The van der Waals surface area contributed by atoms with Crippen LogP contribution >= 0.6 is 15.9 Å². The fourth-order valence-electron chi connectivity index (χ4n) is 1.26. The molecule has 0 bridgehead atoms. The zero-order valence-corrected chi connectivity index (χ0v) is 9.90. The van der Waals surface area contributed by atoms with Gasteiger partial charge in [-0.15, -0.1) is 5.10 Å². The average molecular weight is 307 g/mol. The first-order valence-electron chi connectivity index (χ1n) is 4.51. The van der Waals surface area contributed by atoms with Crippen molar-refractivity contribution in [1.29, 1.82) is 0 Å². The van der Waals surface area contributed by atoms with Gasteiger partial charge in [0.15, 0.2) is 11.6 Å². The van der Waals surface area contributed by atoms with Gasteiger partial charge in [-0.2, -0.15) is 13.2 Å². The Labute approximate surface area is 103 Å². The molecular formula is C9H6BrF3N4. The quantitative estimate of drug-likeness (QED) is 0.801. The monoisotopic (exact) mass is 306 g/mol. The van der Waals surface area contributed by atoms with E-state index in [2.05, 4.69) is 31.0 Å². The number of pyridine rings is 1. The van der Waals surface area contributed by atoms with Crippen LogP contribution in [-0.2, 0) is 11.5 Å². The Kier molecular flexibility index (Phi) is 3.14. The van der Waals surface area contributed by atoms with E-state index in [0.29, 0.717) is 11.2 Å². The molecule has 0 N–H and O–H groups in total. The van der Waals surface area contributed by atoms with Crippen LogP contribution in [-0.4, -0.2) is 19.7 Å². The van der Waals surface area contributed by atoms with Crippen molar-refractivity contribution in [3.05, 3.63) is 36.0 Å². The summed E-state index contributed by atoms with van der Waals surface area (Å²) in [5, 5.41) is 4.24. The van der Waals surface area contributed by atoms with E-state index in [1.54, 1.807) is 0 Å². The summed E-state index contributed by atoms with van der Waals surface area (Å²) < 4.78 is 39.1. The van der Waals surface area contributed by atoms with Crippen LogP contribution in [0.3, 0.4) is 0 Å². The normalized spacial score (nSPS) is 11.8. The maximum absolute atomic E-state index is 12.7. The highest BCUT2D eigenvalue weighted by Crippen LogP contribution is 2.32. The Bertz CT molecular complexity index is 523. The lowest BCUT2D eigenvalue weighted by Gasteiger charge is -2.10. The van der Waals surface area contributed by atoms with Crippen molar-refractivity contribution in [1.82, 2.24) is 19.7 Å². The largest absolute Gasteiger partial charge is 0.420 e. The van der Waals surface area contributed by atoms with Gasteiger partial charge >= 0.3 is 6.18 Å². The number of nitrogens with zero attached hydrogens (tertiary/aromatic N) is 4. The predicted octanol–water partition coefficient (Wildman–Crippen LogP) is 2.58. The summed E-state index contributed by atoms with van der Waals surface area (Å²) in [5.41, 5.74) is -0.842. The van der Waals surface area contributed by atoms with Gasteiger partial charge < -0.3 is 0 Å². The predicted molar refractivity (Wildman–Crippen MR) is 56.8 cm³/mol. The Morgan fingerprint density at radius 2 is 2.06 bits per heavy atom. The van der Waals surface area contributed by atoms with E-state index in [4.69, 9.17) is 0 Å². The number of aromatic nitrogens is 4. The molecule has 2 aromatic rings. The molecule has 2 rings (SSSR count). The number of halogens is 4. The molecule has 2 aromatic heterocycles. The molecule has 17 heavy (non-hydrogen) atoms. The lowest BCUT2D eigenvalue weighted by molar-refractivity contribution is -0.137. The second kappa shape index (κ2) is 4.44. The molecular weight excluding hydrogens is 301 g/mol. The molecule has 0 aliphatic carbocycles. The molecule has 90 valence electrons. The summed E-state index contributed by atoms with van der Waals surface area (Å²) in [5.74, 6) is 0.114. The molecule has 2 heterocycles. The van der Waals surface area contributed by atoms with E-state index in [0.717, 1.165) is 10.7 Å². The zero-order valence-electron chi connectivity index (χ0n) is 8.32. The number of alkyl halides is 4. The number of rotatable bonds is 2. The minimum Gasteiger partial charge on any atom is -0.237 e. The van der Waals surface area contributed by atoms with Crippen LogP contribution in [0.5, 0.6) is 0 Å². The van der Waals surface area contributed by atoms with Crippen LogP contribution in [0.15, 0.2) is 24.7 Å². The lowest BCUT2D eigenvalue weighted by atomic mass is 10.2. The van der Waals surface area contributed by atoms with Crippen molar-refractivity contribution in [2.75, 3.05) is 0 Å². The van der Waals surface area contributed by atoms with Gasteiger partial charge in [-0.05, 0) is 12.1 Å². The smallest absolute Gasteiger partial charge is 0.237 e. The van der Waals surface area contributed by atoms with E-state index in [1.165, 1.54) is 18.6 Å². The van der Waals surface area contributed by atoms with Gasteiger partial charge in [0.1, 0.15) is 11.9 Å². The number of hydrogen-bond acceptors (Lipinski definition) is 3. The van der Waals surface area contributed by atoms with Crippen LogP contribution in [0.25, 0.3) is 5.82 Å². The Morgan fingerprint density at radius 1 is 1.29 bits per heavy atom. The van der Waals surface area contributed by atoms with Crippen LogP contribution in [0.4, 0.5) is 13.2 Å². The Hall–Kier alpha value is -1.44. The molecule has 4 nitrogen and oxygen atoms in total. The number of hydrogen-bond donors (Lipinski definition) is 0. The van der Waals surface area contributed by atoms with Gasteiger partial charge in [-0.1, -0.05) is 15.9 Å². The highest BCUT2D eigenvalue weighted by Gasteiger charge is 2.34. The Balaban J connectivity index is 2.52.